The van der Waals surface area contributed by atoms with E-state index >= 15 is 0 Å². The number of carbonyl (C=O) groups is 2. The average molecular weight is 502 g/mol. The van der Waals surface area contributed by atoms with E-state index in [1.165, 1.54) is 0 Å². The number of carbonyl (C=O) groups excluding carboxylic acids is 2. The van der Waals surface area contributed by atoms with Crippen molar-refractivity contribution in [2.45, 2.75) is 36.6 Å². The highest BCUT2D eigenvalue weighted by Crippen LogP contribution is 2.43. The summed E-state index contributed by atoms with van der Waals surface area (Å²) in [4.78, 5) is 49.5. The minimum Gasteiger partial charge on any atom is -0.394 e. The zero-order valence-corrected chi connectivity index (χ0v) is 17.3. The van der Waals surface area contributed by atoms with Gasteiger partial charge in [0.2, 0.25) is 0 Å². The van der Waals surface area contributed by atoms with Gasteiger partial charge in [-0.1, -0.05) is 0 Å². The van der Waals surface area contributed by atoms with Gasteiger partial charge in [0.15, 0.2) is 11.6 Å². The van der Waals surface area contributed by atoms with Crippen LogP contribution in [0.25, 0.3) is 0 Å². The van der Waals surface area contributed by atoms with Crippen molar-refractivity contribution in [3.05, 3.63) is 0 Å². The summed E-state index contributed by atoms with van der Waals surface area (Å²) in [6.07, 6.45) is -13.3. The molecule has 0 rings (SSSR count). The molecule has 184 valence electrons. The second-order valence-electron chi connectivity index (χ2n) is 5.92. The molecule has 10 N–H and O–H groups in total. The fourth-order valence-electron chi connectivity index (χ4n) is 1.68. The molecule has 31 heavy (non-hydrogen) atoms. The van der Waals surface area contributed by atoms with E-state index in [-0.39, 0.29) is 0 Å². The number of aliphatic hydroxyl groups is 7. The van der Waals surface area contributed by atoms with Gasteiger partial charge in [0.05, 0.1) is 13.2 Å². The first-order chi connectivity index (χ1) is 14.0. The van der Waals surface area contributed by atoms with Crippen molar-refractivity contribution in [2.24, 2.45) is 0 Å². The first-order valence-electron chi connectivity index (χ1n) is 8.09. The van der Waals surface area contributed by atoms with Crippen LogP contribution in [0.4, 0.5) is 0 Å². The lowest BCUT2D eigenvalue weighted by molar-refractivity contribution is -0.143. The number of rotatable bonds is 16. The van der Waals surface area contributed by atoms with E-state index in [0.29, 0.717) is 0 Å². The lowest BCUT2D eigenvalue weighted by Crippen LogP contribution is -2.45. The highest BCUT2D eigenvalue weighted by atomic mass is 31.2. The number of aliphatic hydroxyl groups excluding tert-OH is 7. The second kappa shape index (κ2) is 13.1. The molecule has 17 nitrogen and oxygen atoms in total. The zero-order valence-electron chi connectivity index (χ0n) is 15.5. The second-order valence-corrected chi connectivity index (χ2v) is 8.62. The average Bonchev–Trinajstić information content (AvgIpc) is 2.70. The van der Waals surface area contributed by atoms with Gasteiger partial charge < -0.3 is 50.4 Å². The Labute approximate surface area is 173 Å². The van der Waals surface area contributed by atoms with Crippen LogP contribution in [0.3, 0.4) is 0 Å². The highest BCUT2D eigenvalue weighted by molar-refractivity contribution is 7.47. The number of phosphoric acid groups is 2. The van der Waals surface area contributed by atoms with E-state index in [9.17, 15) is 49.1 Å². The van der Waals surface area contributed by atoms with Crippen molar-refractivity contribution in [1.29, 1.82) is 0 Å². The van der Waals surface area contributed by atoms with Gasteiger partial charge in [-0.2, -0.15) is 0 Å². The van der Waals surface area contributed by atoms with Crippen LogP contribution in [0.1, 0.15) is 0 Å². The smallest absolute Gasteiger partial charge is 0.394 e. The summed E-state index contributed by atoms with van der Waals surface area (Å²) >= 11 is 0. The van der Waals surface area contributed by atoms with Gasteiger partial charge in [0, 0.05) is 0 Å². The topological polar surface area (TPSA) is 298 Å². The molecular formula is C12H24O17P2. The minimum atomic E-state index is -5.16. The van der Waals surface area contributed by atoms with Crippen LogP contribution in [0.2, 0.25) is 0 Å². The lowest BCUT2D eigenvalue weighted by atomic mass is 10.1. The Morgan fingerprint density at radius 3 is 1.45 bits per heavy atom. The highest BCUT2D eigenvalue weighted by Gasteiger charge is 2.35. The Bertz CT molecular complexity index is 678. The molecule has 0 radical (unpaired) electrons. The van der Waals surface area contributed by atoms with Gasteiger partial charge in [-0.15, -0.1) is 0 Å². The summed E-state index contributed by atoms with van der Waals surface area (Å²) in [5.41, 5.74) is 0. The molecule has 1 unspecified atom stereocenters. The Morgan fingerprint density at radius 2 is 1.10 bits per heavy atom. The molecule has 0 aliphatic carbocycles. The van der Waals surface area contributed by atoms with Gasteiger partial charge >= 0.3 is 15.6 Å². The van der Waals surface area contributed by atoms with Crippen molar-refractivity contribution in [3.8, 4) is 0 Å². The molecule has 0 fully saturated rings. The molecule has 0 aromatic heterocycles. The number of phosphoric ester groups is 2. The summed E-state index contributed by atoms with van der Waals surface area (Å²) in [5, 5.41) is 65.0. The lowest BCUT2D eigenvalue weighted by Gasteiger charge is -2.22. The summed E-state index contributed by atoms with van der Waals surface area (Å²) in [5.74, 6) is -2.90. The largest absolute Gasteiger partial charge is 0.473 e. The van der Waals surface area contributed by atoms with Crippen molar-refractivity contribution in [2.75, 3.05) is 26.4 Å². The Morgan fingerprint density at radius 1 is 0.710 bits per heavy atom. The third-order valence-corrected chi connectivity index (χ3v) is 4.83. The normalized spacial score (nSPS) is 20.2. The Balaban J connectivity index is 4.62. The van der Waals surface area contributed by atoms with Crippen LogP contribution in [0.5, 0.6) is 0 Å². The third kappa shape index (κ3) is 11.6. The van der Waals surface area contributed by atoms with Crippen LogP contribution in [0.15, 0.2) is 0 Å². The fourth-order valence-corrected chi connectivity index (χ4v) is 2.68. The predicted molar refractivity (Wildman–Crippen MR) is 92.9 cm³/mol. The maximum absolute atomic E-state index is 11.7. The summed E-state index contributed by atoms with van der Waals surface area (Å²) < 4.78 is 34.3. The molecule has 0 amide bonds. The van der Waals surface area contributed by atoms with Crippen LogP contribution in [0, 0.1) is 0 Å². The maximum Gasteiger partial charge on any atom is 0.473 e. The quantitative estimate of drug-likeness (QED) is 0.0880. The van der Waals surface area contributed by atoms with Crippen molar-refractivity contribution in [3.63, 3.8) is 0 Å². The van der Waals surface area contributed by atoms with Crippen molar-refractivity contribution in [1.82, 2.24) is 0 Å². The number of ketones is 2. The molecule has 0 aliphatic heterocycles. The van der Waals surface area contributed by atoms with E-state index in [0.717, 1.165) is 0 Å². The molecule has 0 aromatic carbocycles. The predicted octanol–water partition coefficient (Wildman–Crippen LogP) is -5.47. The molecule has 0 aliphatic rings. The van der Waals surface area contributed by atoms with Gasteiger partial charge in [-0.05, 0) is 0 Å². The third-order valence-electron chi connectivity index (χ3n) is 3.44. The molecule has 7 atom stereocenters. The van der Waals surface area contributed by atoms with E-state index in [1.54, 1.807) is 0 Å². The number of Topliss-reactive ketones (excluding diaryl/α,β-unsaturated/α-hetero) is 2. The molecule has 0 spiro atoms. The Hall–Kier alpha value is -0.720. The van der Waals surface area contributed by atoms with Crippen LogP contribution in [-0.4, -0.2) is 125 Å². The van der Waals surface area contributed by atoms with E-state index in [2.05, 4.69) is 13.6 Å². The molecule has 0 bridgehead atoms. The van der Waals surface area contributed by atoms with Crippen molar-refractivity contribution < 1.29 is 82.7 Å². The molecule has 0 aromatic rings. The fraction of sp³-hybridized carbons (Fsp3) is 0.833. The molecule has 0 saturated heterocycles. The SMILES string of the molecule is O=C(COP(=O)(O)OCC(=O)[C@@H](O)[C@H](O)[C@@H](O)CO)[C@@H](O)[C@H](O)[C@H](O)COP(=O)(O)O. The van der Waals surface area contributed by atoms with E-state index in [1.807, 2.05) is 0 Å². The molecule has 19 heteroatoms. The minimum absolute atomic E-state index is 1.01. The zero-order chi connectivity index (χ0) is 24.6. The molecular weight excluding hydrogens is 478 g/mol. The van der Waals surface area contributed by atoms with Gasteiger partial charge in [-0.25, -0.2) is 9.13 Å². The van der Waals surface area contributed by atoms with Gasteiger partial charge in [0.1, 0.15) is 49.8 Å². The van der Waals surface area contributed by atoms with Crippen LogP contribution < -0.4 is 0 Å². The first kappa shape index (κ1) is 30.3. The van der Waals surface area contributed by atoms with Crippen molar-refractivity contribution >= 4 is 27.2 Å². The Kier molecular flexibility index (Phi) is 12.8. The standard InChI is InChI=1S/C12H24O17P2/c13-1-5(14)9(18)10(19)7(16)3-28-31(25,26)29-4-8(17)12(21)11(20)6(15)2-27-30(22,23)24/h5-6,9-15,18-21H,1-4H2,(H,25,26)(H2,22,23,24)/t5-,6+,9+,10+,11+,12+/m0/s1. The number of hydrogen-bond acceptors (Lipinski definition) is 14. The number of hydrogen-bond donors (Lipinski definition) is 10. The van der Waals surface area contributed by atoms with E-state index in [4.69, 9.17) is 20.0 Å². The first-order valence-corrected chi connectivity index (χ1v) is 11.1. The monoisotopic (exact) mass is 502 g/mol. The maximum atomic E-state index is 11.7. The van der Waals surface area contributed by atoms with E-state index < -0.39 is 90.3 Å². The summed E-state index contributed by atoms with van der Waals surface area (Å²) in [7, 11) is -10.2. The van der Waals surface area contributed by atoms with Crippen LogP contribution in [-0.2, 0) is 32.3 Å². The van der Waals surface area contributed by atoms with Crippen LogP contribution >= 0.6 is 15.6 Å². The van der Waals surface area contributed by atoms with Gasteiger partial charge in [0.25, 0.3) is 0 Å². The summed E-state index contributed by atoms with van der Waals surface area (Å²) in [6.45, 7) is -4.94. The van der Waals surface area contributed by atoms with Gasteiger partial charge in [-0.3, -0.25) is 23.2 Å². The summed E-state index contributed by atoms with van der Waals surface area (Å²) in [6, 6.07) is 0. The molecule has 0 saturated carbocycles. The molecule has 0 heterocycles.